The fourth-order valence-corrected chi connectivity index (χ4v) is 2.84. The van der Waals surface area contributed by atoms with Crippen LogP contribution in [0.15, 0.2) is 27.1 Å². The van der Waals surface area contributed by atoms with E-state index >= 15 is 0 Å². The molecule has 0 spiro atoms. The van der Waals surface area contributed by atoms with Crippen LogP contribution in [0.2, 0.25) is 0 Å². The zero-order chi connectivity index (χ0) is 15.0. The van der Waals surface area contributed by atoms with E-state index in [2.05, 4.69) is 37.2 Å². The molecular weight excluding hydrogens is 390 g/mol. The summed E-state index contributed by atoms with van der Waals surface area (Å²) in [5, 5.41) is 11.7. The lowest BCUT2D eigenvalue weighted by Gasteiger charge is -2.14. The Bertz CT molecular complexity index is 440. The van der Waals surface area contributed by atoms with Crippen LogP contribution in [0.1, 0.15) is 19.8 Å². The summed E-state index contributed by atoms with van der Waals surface area (Å²) in [5.74, 6) is 0.783. The molecule has 1 rings (SSSR count). The predicted molar refractivity (Wildman–Crippen MR) is 85.8 cm³/mol. The van der Waals surface area contributed by atoms with Crippen LogP contribution in [-0.4, -0.2) is 30.8 Å². The fourth-order valence-electron chi connectivity index (χ4n) is 1.68. The molecule has 0 fully saturated rings. The summed E-state index contributed by atoms with van der Waals surface area (Å²) in [7, 11) is 0. The molecule has 1 aromatic carbocycles. The molecule has 6 heteroatoms. The van der Waals surface area contributed by atoms with Crippen LogP contribution in [0.4, 0.5) is 0 Å². The lowest BCUT2D eigenvalue weighted by atomic mass is 10.0. The van der Waals surface area contributed by atoms with Crippen LogP contribution in [0.5, 0.6) is 5.75 Å². The van der Waals surface area contributed by atoms with Crippen molar-refractivity contribution in [2.45, 2.75) is 19.8 Å². The molecule has 0 bridgehead atoms. The number of aliphatic hydroxyl groups is 1. The molecule has 112 valence electrons. The number of hydrogen-bond acceptors (Lipinski definition) is 3. The Morgan fingerprint density at radius 1 is 1.45 bits per heavy atom. The van der Waals surface area contributed by atoms with Gasteiger partial charge in [0, 0.05) is 17.6 Å². The first-order chi connectivity index (χ1) is 9.56. The van der Waals surface area contributed by atoms with Gasteiger partial charge in [-0.2, -0.15) is 0 Å². The third-order valence-electron chi connectivity index (χ3n) is 2.96. The van der Waals surface area contributed by atoms with Gasteiger partial charge in [0.25, 0.3) is 5.91 Å². The molecular formula is C14H19Br2NO3. The molecule has 0 aliphatic heterocycles. The SMILES string of the molecule is CCC(CCO)CNC(=O)COc1ccc(Br)cc1Br. The van der Waals surface area contributed by atoms with Gasteiger partial charge in [0.2, 0.25) is 0 Å². The van der Waals surface area contributed by atoms with Crippen molar-refractivity contribution in [3.05, 3.63) is 27.1 Å². The van der Waals surface area contributed by atoms with E-state index in [1.54, 1.807) is 6.07 Å². The van der Waals surface area contributed by atoms with E-state index in [4.69, 9.17) is 9.84 Å². The molecule has 20 heavy (non-hydrogen) atoms. The highest BCUT2D eigenvalue weighted by molar-refractivity contribution is 9.11. The van der Waals surface area contributed by atoms with Gasteiger partial charge in [0.05, 0.1) is 4.47 Å². The molecule has 0 heterocycles. The van der Waals surface area contributed by atoms with Gasteiger partial charge in [-0.15, -0.1) is 0 Å². The van der Waals surface area contributed by atoms with Gasteiger partial charge in [0.15, 0.2) is 6.61 Å². The lowest BCUT2D eigenvalue weighted by molar-refractivity contribution is -0.123. The van der Waals surface area contributed by atoms with Crippen molar-refractivity contribution in [1.29, 1.82) is 0 Å². The topological polar surface area (TPSA) is 58.6 Å². The van der Waals surface area contributed by atoms with Gasteiger partial charge < -0.3 is 15.2 Å². The molecule has 4 nitrogen and oxygen atoms in total. The van der Waals surface area contributed by atoms with Gasteiger partial charge in [0.1, 0.15) is 5.75 Å². The second-order valence-electron chi connectivity index (χ2n) is 4.45. The Hall–Kier alpha value is -0.590. The Morgan fingerprint density at radius 2 is 2.20 bits per heavy atom. The maximum atomic E-state index is 11.7. The number of halogens is 2. The fraction of sp³-hybridized carbons (Fsp3) is 0.500. The Kier molecular flexibility index (Phi) is 8.18. The van der Waals surface area contributed by atoms with E-state index in [1.165, 1.54) is 0 Å². The molecule has 0 aliphatic rings. The molecule has 0 aromatic heterocycles. The van der Waals surface area contributed by atoms with Crippen molar-refractivity contribution in [2.24, 2.45) is 5.92 Å². The van der Waals surface area contributed by atoms with Crippen LogP contribution in [-0.2, 0) is 4.79 Å². The summed E-state index contributed by atoms with van der Waals surface area (Å²) < 4.78 is 7.19. The third-order valence-corrected chi connectivity index (χ3v) is 4.07. The molecule has 1 unspecified atom stereocenters. The van der Waals surface area contributed by atoms with E-state index in [9.17, 15) is 4.79 Å². The maximum Gasteiger partial charge on any atom is 0.257 e. The van der Waals surface area contributed by atoms with Crippen molar-refractivity contribution >= 4 is 37.8 Å². The minimum atomic E-state index is -0.156. The van der Waals surface area contributed by atoms with Crippen molar-refractivity contribution in [3.8, 4) is 5.75 Å². The predicted octanol–water partition coefficient (Wildman–Crippen LogP) is 3.12. The number of amides is 1. The van der Waals surface area contributed by atoms with Crippen LogP contribution in [0.3, 0.4) is 0 Å². The van der Waals surface area contributed by atoms with Gasteiger partial charge in [-0.05, 0) is 46.5 Å². The first-order valence-corrected chi connectivity index (χ1v) is 8.10. The van der Waals surface area contributed by atoms with E-state index in [0.29, 0.717) is 24.6 Å². The van der Waals surface area contributed by atoms with Gasteiger partial charge >= 0.3 is 0 Å². The van der Waals surface area contributed by atoms with Crippen LogP contribution in [0, 0.1) is 5.92 Å². The quantitative estimate of drug-likeness (QED) is 0.694. The number of carbonyl (C=O) groups is 1. The highest BCUT2D eigenvalue weighted by Gasteiger charge is 2.09. The largest absolute Gasteiger partial charge is 0.483 e. The van der Waals surface area contributed by atoms with E-state index in [0.717, 1.165) is 15.4 Å². The Balaban J connectivity index is 2.36. The number of carbonyl (C=O) groups excluding carboxylic acids is 1. The number of ether oxygens (including phenoxy) is 1. The maximum absolute atomic E-state index is 11.7. The first kappa shape index (κ1) is 17.5. The number of nitrogens with one attached hydrogen (secondary N) is 1. The average Bonchev–Trinajstić information content (AvgIpc) is 2.42. The van der Waals surface area contributed by atoms with E-state index in [-0.39, 0.29) is 19.1 Å². The minimum absolute atomic E-state index is 0.0181. The van der Waals surface area contributed by atoms with E-state index in [1.807, 2.05) is 19.1 Å². The lowest BCUT2D eigenvalue weighted by Crippen LogP contribution is -2.33. The molecule has 1 aromatic rings. The molecule has 1 atom stereocenters. The summed E-state index contributed by atoms with van der Waals surface area (Å²) in [6.45, 7) is 2.75. The molecule has 1 amide bonds. The highest BCUT2D eigenvalue weighted by Crippen LogP contribution is 2.28. The summed E-state index contributed by atoms with van der Waals surface area (Å²) in [6.07, 6.45) is 1.63. The number of rotatable bonds is 8. The Morgan fingerprint density at radius 3 is 2.80 bits per heavy atom. The first-order valence-electron chi connectivity index (χ1n) is 6.52. The van der Waals surface area contributed by atoms with E-state index < -0.39 is 0 Å². The minimum Gasteiger partial charge on any atom is -0.483 e. The third kappa shape index (κ3) is 6.24. The highest BCUT2D eigenvalue weighted by atomic mass is 79.9. The standard InChI is InChI=1S/C14H19Br2NO3/c1-2-10(5-6-18)8-17-14(19)9-20-13-4-3-11(15)7-12(13)16/h3-4,7,10,18H,2,5-6,8-9H2,1H3,(H,17,19). The van der Waals surface area contributed by atoms with Crippen molar-refractivity contribution < 1.29 is 14.6 Å². The van der Waals surface area contributed by atoms with Crippen molar-refractivity contribution in [3.63, 3.8) is 0 Å². The zero-order valence-corrected chi connectivity index (χ0v) is 14.5. The number of benzene rings is 1. The second kappa shape index (κ2) is 9.37. The molecule has 0 radical (unpaired) electrons. The van der Waals surface area contributed by atoms with Crippen molar-refractivity contribution in [1.82, 2.24) is 5.32 Å². The summed E-state index contributed by atoms with van der Waals surface area (Å²) in [6, 6.07) is 5.51. The summed E-state index contributed by atoms with van der Waals surface area (Å²) in [5.41, 5.74) is 0. The average molecular weight is 409 g/mol. The molecule has 2 N–H and O–H groups in total. The van der Waals surface area contributed by atoms with Crippen LogP contribution < -0.4 is 10.1 Å². The molecule has 0 aliphatic carbocycles. The monoisotopic (exact) mass is 407 g/mol. The molecule has 0 saturated carbocycles. The van der Waals surface area contributed by atoms with Gasteiger partial charge in [-0.3, -0.25) is 4.79 Å². The van der Waals surface area contributed by atoms with Crippen LogP contribution >= 0.6 is 31.9 Å². The summed E-state index contributed by atoms with van der Waals surface area (Å²) in [4.78, 5) is 11.7. The molecule has 0 saturated heterocycles. The van der Waals surface area contributed by atoms with Gasteiger partial charge in [-0.25, -0.2) is 0 Å². The van der Waals surface area contributed by atoms with Crippen LogP contribution in [0.25, 0.3) is 0 Å². The second-order valence-corrected chi connectivity index (χ2v) is 6.22. The van der Waals surface area contributed by atoms with Crippen molar-refractivity contribution in [2.75, 3.05) is 19.8 Å². The number of hydrogen-bond donors (Lipinski definition) is 2. The zero-order valence-electron chi connectivity index (χ0n) is 11.4. The van der Waals surface area contributed by atoms with Gasteiger partial charge in [-0.1, -0.05) is 29.3 Å². The normalized spacial score (nSPS) is 12.0. The smallest absolute Gasteiger partial charge is 0.257 e. The summed E-state index contributed by atoms with van der Waals surface area (Å²) >= 11 is 6.73. The number of aliphatic hydroxyl groups excluding tert-OH is 1. The Labute approximate surface area is 136 Å².